The molecule has 0 N–H and O–H groups in total. The molecule has 0 radical (unpaired) electrons. The van der Waals surface area contributed by atoms with E-state index in [1.54, 1.807) is 25.3 Å². The molecule has 4 heteroatoms. The highest BCUT2D eigenvalue weighted by Gasteiger charge is 2.18. The zero-order valence-electron chi connectivity index (χ0n) is 12.2. The molecule has 0 aliphatic heterocycles. The molecule has 3 nitrogen and oxygen atoms in total. The Morgan fingerprint density at radius 3 is 2.70 bits per heavy atom. The molecule has 1 fully saturated rings. The summed E-state index contributed by atoms with van der Waals surface area (Å²) >= 11 is 6.06. The molecule has 0 saturated heterocycles. The van der Waals surface area contributed by atoms with Gasteiger partial charge in [0.1, 0.15) is 5.75 Å². The molecule has 1 saturated carbocycles. The highest BCUT2D eigenvalue weighted by molar-refractivity contribution is 6.32. The standard InChI is InChI=1S/C16H22ClNO2/c1-18(10-12-5-3-4-6-12)11-15(19)13-7-8-16(20-2)14(17)9-13/h7-9,12H,3-6,10-11H2,1-2H3. The van der Waals surface area contributed by atoms with Gasteiger partial charge in [-0.05, 0) is 44.0 Å². The second-order valence-corrected chi connectivity index (χ2v) is 6.03. The number of likely N-dealkylation sites (N-methyl/N-ethyl adjacent to an activating group) is 1. The van der Waals surface area contributed by atoms with E-state index in [4.69, 9.17) is 16.3 Å². The van der Waals surface area contributed by atoms with E-state index >= 15 is 0 Å². The van der Waals surface area contributed by atoms with Crippen molar-refractivity contribution in [1.82, 2.24) is 4.90 Å². The molecule has 0 spiro atoms. The maximum atomic E-state index is 12.2. The number of halogens is 1. The van der Waals surface area contributed by atoms with E-state index < -0.39 is 0 Å². The number of hydrogen-bond acceptors (Lipinski definition) is 3. The summed E-state index contributed by atoms with van der Waals surface area (Å²) in [4.78, 5) is 14.4. The summed E-state index contributed by atoms with van der Waals surface area (Å²) in [6.07, 6.45) is 5.26. The quantitative estimate of drug-likeness (QED) is 0.750. The average Bonchev–Trinajstić information content (AvgIpc) is 2.91. The third-order valence-electron chi connectivity index (χ3n) is 3.93. The van der Waals surface area contributed by atoms with Crippen molar-refractivity contribution >= 4 is 17.4 Å². The van der Waals surface area contributed by atoms with Crippen molar-refractivity contribution in [3.8, 4) is 5.75 Å². The molecule has 0 amide bonds. The minimum absolute atomic E-state index is 0.107. The molecule has 0 unspecified atom stereocenters. The number of carbonyl (C=O) groups excluding carboxylic acids is 1. The summed E-state index contributed by atoms with van der Waals surface area (Å²) in [6.45, 7) is 1.45. The van der Waals surface area contributed by atoms with E-state index in [2.05, 4.69) is 4.90 Å². The van der Waals surface area contributed by atoms with E-state index in [-0.39, 0.29) is 5.78 Å². The van der Waals surface area contributed by atoms with Gasteiger partial charge in [-0.15, -0.1) is 0 Å². The Hall–Kier alpha value is -1.06. The van der Waals surface area contributed by atoms with Gasteiger partial charge in [0, 0.05) is 12.1 Å². The maximum Gasteiger partial charge on any atom is 0.176 e. The smallest absolute Gasteiger partial charge is 0.176 e. The molecular formula is C16H22ClNO2. The second-order valence-electron chi connectivity index (χ2n) is 5.62. The fourth-order valence-corrected chi connectivity index (χ4v) is 3.13. The Kier molecular flexibility index (Phi) is 5.44. The summed E-state index contributed by atoms with van der Waals surface area (Å²) in [5, 5.41) is 0.483. The lowest BCUT2D eigenvalue weighted by molar-refractivity contribution is 0.0938. The Morgan fingerprint density at radius 1 is 1.40 bits per heavy atom. The van der Waals surface area contributed by atoms with Gasteiger partial charge in [-0.1, -0.05) is 24.4 Å². The molecule has 0 bridgehead atoms. The first-order valence-corrected chi connectivity index (χ1v) is 7.53. The van der Waals surface area contributed by atoms with Gasteiger partial charge < -0.3 is 4.74 Å². The Bertz CT molecular complexity index is 470. The predicted octanol–water partition coefficient (Wildman–Crippen LogP) is 3.65. The van der Waals surface area contributed by atoms with Crippen LogP contribution < -0.4 is 4.74 Å². The average molecular weight is 296 g/mol. The Labute approximate surface area is 125 Å². The summed E-state index contributed by atoms with van der Waals surface area (Å²) in [6, 6.07) is 5.20. The van der Waals surface area contributed by atoms with Crippen LogP contribution in [-0.2, 0) is 0 Å². The molecule has 110 valence electrons. The van der Waals surface area contributed by atoms with Crippen LogP contribution in [0.1, 0.15) is 36.0 Å². The van der Waals surface area contributed by atoms with Crippen LogP contribution in [0.4, 0.5) is 0 Å². The van der Waals surface area contributed by atoms with Crippen LogP contribution in [0.5, 0.6) is 5.75 Å². The SMILES string of the molecule is COc1ccc(C(=O)CN(C)CC2CCCC2)cc1Cl. The van der Waals surface area contributed by atoms with E-state index in [9.17, 15) is 4.79 Å². The van der Waals surface area contributed by atoms with Gasteiger partial charge in [-0.3, -0.25) is 9.69 Å². The summed E-state index contributed by atoms with van der Waals surface area (Å²) in [7, 11) is 3.58. The van der Waals surface area contributed by atoms with Crippen molar-refractivity contribution in [2.75, 3.05) is 27.2 Å². The molecule has 0 heterocycles. The normalized spacial score (nSPS) is 15.8. The highest BCUT2D eigenvalue weighted by Crippen LogP contribution is 2.26. The van der Waals surface area contributed by atoms with Crippen LogP contribution in [0.2, 0.25) is 5.02 Å². The van der Waals surface area contributed by atoms with Gasteiger partial charge in [0.15, 0.2) is 5.78 Å². The minimum atomic E-state index is 0.107. The first-order valence-electron chi connectivity index (χ1n) is 7.15. The van der Waals surface area contributed by atoms with E-state index in [0.717, 1.165) is 12.5 Å². The van der Waals surface area contributed by atoms with Crippen LogP contribution in [-0.4, -0.2) is 37.9 Å². The number of rotatable bonds is 6. The van der Waals surface area contributed by atoms with E-state index in [1.807, 2.05) is 7.05 Å². The first kappa shape index (κ1) is 15.3. The number of Topliss-reactive ketones (excluding diaryl/α,β-unsaturated/α-hetero) is 1. The molecule has 1 aliphatic carbocycles. The second kappa shape index (κ2) is 7.09. The van der Waals surface area contributed by atoms with Crippen LogP contribution in [0.15, 0.2) is 18.2 Å². The van der Waals surface area contributed by atoms with Gasteiger partial charge in [-0.25, -0.2) is 0 Å². The van der Waals surface area contributed by atoms with Crippen molar-refractivity contribution in [3.63, 3.8) is 0 Å². The van der Waals surface area contributed by atoms with Gasteiger partial charge in [0.05, 0.1) is 18.7 Å². The number of nitrogens with zero attached hydrogens (tertiary/aromatic N) is 1. The number of carbonyl (C=O) groups is 1. The fourth-order valence-electron chi connectivity index (χ4n) is 2.87. The van der Waals surface area contributed by atoms with Crippen LogP contribution in [0, 0.1) is 5.92 Å². The van der Waals surface area contributed by atoms with Crippen molar-refractivity contribution in [1.29, 1.82) is 0 Å². The number of ketones is 1. The largest absolute Gasteiger partial charge is 0.495 e. The maximum absolute atomic E-state index is 12.2. The number of hydrogen-bond donors (Lipinski definition) is 0. The molecular weight excluding hydrogens is 274 g/mol. The van der Waals surface area contributed by atoms with E-state index in [1.165, 1.54) is 25.7 Å². The summed E-state index contributed by atoms with van der Waals surface area (Å²) < 4.78 is 5.10. The molecule has 0 aromatic heterocycles. The Morgan fingerprint density at radius 2 is 2.10 bits per heavy atom. The monoisotopic (exact) mass is 295 g/mol. The van der Waals surface area contributed by atoms with Gasteiger partial charge in [0.25, 0.3) is 0 Å². The summed E-state index contributed by atoms with van der Waals surface area (Å²) in [5.41, 5.74) is 0.647. The van der Waals surface area contributed by atoms with Crippen LogP contribution >= 0.6 is 11.6 Å². The minimum Gasteiger partial charge on any atom is -0.495 e. The lowest BCUT2D eigenvalue weighted by Crippen LogP contribution is -2.30. The third kappa shape index (κ3) is 3.97. The lowest BCUT2D eigenvalue weighted by Gasteiger charge is -2.20. The predicted molar refractivity (Wildman–Crippen MR) is 81.8 cm³/mol. The van der Waals surface area contributed by atoms with Crippen molar-refractivity contribution < 1.29 is 9.53 Å². The van der Waals surface area contributed by atoms with Crippen LogP contribution in [0.25, 0.3) is 0 Å². The number of ether oxygens (including phenoxy) is 1. The Balaban J connectivity index is 1.91. The van der Waals surface area contributed by atoms with Gasteiger partial charge in [-0.2, -0.15) is 0 Å². The zero-order chi connectivity index (χ0) is 14.5. The highest BCUT2D eigenvalue weighted by atomic mass is 35.5. The van der Waals surface area contributed by atoms with E-state index in [0.29, 0.717) is 22.9 Å². The van der Waals surface area contributed by atoms with Crippen molar-refractivity contribution in [2.24, 2.45) is 5.92 Å². The van der Waals surface area contributed by atoms with Crippen molar-refractivity contribution in [2.45, 2.75) is 25.7 Å². The topological polar surface area (TPSA) is 29.5 Å². The third-order valence-corrected chi connectivity index (χ3v) is 4.23. The zero-order valence-corrected chi connectivity index (χ0v) is 12.9. The molecule has 0 atom stereocenters. The number of methoxy groups -OCH3 is 1. The molecule has 20 heavy (non-hydrogen) atoms. The fraction of sp³-hybridized carbons (Fsp3) is 0.562. The van der Waals surface area contributed by atoms with Crippen molar-refractivity contribution in [3.05, 3.63) is 28.8 Å². The van der Waals surface area contributed by atoms with Gasteiger partial charge in [0.2, 0.25) is 0 Å². The van der Waals surface area contributed by atoms with Crippen LogP contribution in [0.3, 0.4) is 0 Å². The lowest BCUT2D eigenvalue weighted by atomic mass is 10.1. The molecule has 1 aromatic carbocycles. The number of benzene rings is 1. The molecule has 1 aliphatic rings. The first-order chi connectivity index (χ1) is 9.60. The summed E-state index contributed by atoms with van der Waals surface area (Å²) in [5.74, 6) is 1.46. The molecule has 2 rings (SSSR count). The molecule has 1 aromatic rings. The van der Waals surface area contributed by atoms with Gasteiger partial charge >= 0.3 is 0 Å².